The third-order valence-electron chi connectivity index (χ3n) is 8.53. The van der Waals surface area contributed by atoms with Crippen LogP contribution in [0.3, 0.4) is 0 Å². The van der Waals surface area contributed by atoms with Crippen LogP contribution < -0.4 is 0 Å². The van der Waals surface area contributed by atoms with Crippen LogP contribution in [0, 0.1) is 0 Å². The molecule has 0 heterocycles. The lowest BCUT2D eigenvalue weighted by atomic mass is 10.1. The minimum atomic E-state index is -4.31. The number of carbonyl (C=O) groups is 1. The van der Waals surface area contributed by atoms with Crippen LogP contribution in [-0.2, 0) is 27.9 Å². The number of quaternary nitrogens is 1. The second kappa shape index (κ2) is 41.6. The maximum absolute atomic E-state index is 12.7. The molecular weight excluding hydrogens is 758 g/mol. The van der Waals surface area contributed by atoms with Gasteiger partial charge in [0.25, 0.3) is 0 Å². The molecule has 0 spiro atoms. The summed E-state index contributed by atoms with van der Waals surface area (Å²) in [4.78, 5) is 22.9. The van der Waals surface area contributed by atoms with Gasteiger partial charge in [0.05, 0.1) is 34.4 Å². The molecule has 0 aliphatic carbocycles. The van der Waals surface area contributed by atoms with Gasteiger partial charge in [-0.3, -0.25) is 13.8 Å². The SMILES string of the molecule is CC/C=C\C/C=C\C/C=C\C/C=C\C/C=C\C/C=C\CCC(=O)OC(COCCCCCCC/C=C\C/C=C\C/C=C\C/C=C\CC)COP(=O)(O)OCC[N+](C)(C)C. The number of ether oxygens (including phenoxy) is 2. The van der Waals surface area contributed by atoms with Gasteiger partial charge in [0.1, 0.15) is 19.3 Å². The molecule has 0 aromatic rings. The Kier molecular flexibility index (Phi) is 39.4. The van der Waals surface area contributed by atoms with Gasteiger partial charge < -0.3 is 18.9 Å². The van der Waals surface area contributed by atoms with Gasteiger partial charge in [-0.1, -0.05) is 155 Å². The zero-order chi connectivity index (χ0) is 43.4. The number of esters is 1. The van der Waals surface area contributed by atoms with Gasteiger partial charge in [-0.2, -0.15) is 0 Å². The smallest absolute Gasteiger partial charge is 0.457 e. The van der Waals surface area contributed by atoms with E-state index in [0.29, 0.717) is 24.1 Å². The molecule has 9 heteroatoms. The summed E-state index contributed by atoms with van der Waals surface area (Å²) in [6, 6.07) is 0. The third kappa shape index (κ3) is 45.8. The molecule has 0 rings (SSSR count). The van der Waals surface area contributed by atoms with E-state index in [0.717, 1.165) is 89.9 Å². The molecule has 8 nitrogen and oxygen atoms in total. The lowest BCUT2D eigenvalue weighted by molar-refractivity contribution is -0.870. The van der Waals surface area contributed by atoms with Crippen LogP contribution in [0.25, 0.3) is 0 Å². The largest absolute Gasteiger partial charge is 0.472 e. The van der Waals surface area contributed by atoms with E-state index in [1.807, 2.05) is 33.3 Å². The molecule has 0 bridgehead atoms. The maximum Gasteiger partial charge on any atom is 0.472 e. The summed E-state index contributed by atoms with van der Waals surface area (Å²) in [5.41, 5.74) is 0. The molecule has 2 atom stereocenters. The number of unbranched alkanes of at least 4 members (excludes halogenated alkanes) is 5. The topological polar surface area (TPSA) is 91.3 Å². The van der Waals surface area contributed by atoms with Gasteiger partial charge in [-0.05, 0) is 89.9 Å². The molecule has 0 fully saturated rings. The average molecular weight is 841 g/mol. The van der Waals surface area contributed by atoms with Gasteiger partial charge in [0.2, 0.25) is 0 Å². The fourth-order valence-electron chi connectivity index (χ4n) is 5.16. The number of phosphoric ester groups is 1. The Balaban J connectivity index is 4.43. The van der Waals surface area contributed by atoms with Crippen LogP contribution in [0.5, 0.6) is 0 Å². The zero-order valence-corrected chi connectivity index (χ0v) is 38.6. The average Bonchev–Trinajstić information content (AvgIpc) is 3.19. The number of nitrogens with zero attached hydrogens (tertiary/aromatic N) is 1. The minimum Gasteiger partial charge on any atom is -0.457 e. The van der Waals surface area contributed by atoms with E-state index in [2.05, 4.69) is 123 Å². The number of carbonyl (C=O) groups excluding carboxylic acids is 1. The quantitative estimate of drug-likeness (QED) is 0.0217. The Bertz CT molecular complexity index is 1350. The van der Waals surface area contributed by atoms with Crippen molar-refractivity contribution in [2.45, 2.75) is 136 Å². The van der Waals surface area contributed by atoms with Crippen molar-refractivity contribution in [2.75, 3.05) is 54.1 Å². The van der Waals surface area contributed by atoms with E-state index in [1.54, 1.807) is 0 Å². The molecular formula is C50H83NO7P+. The highest BCUT2D eigenvalue weighted by atomic mass is 31.2. The van der Waals surface area contributed by atoms with E-state index in [-0.39, 0.29) is 26.2 Å². The Labute approximate surface area is 361 Å². The molecule has 59 heavy (non-hydrogen) atoms. The standard InChI is InChI=1S/C50H82NO7P/c1-6-8-10-12-14-16-18-20-22-24-26-27-29-31-33-35-37-39-41-43-50(52)58-49(48-57-59(53,54)56-46-44-51(3,4)5)47-55-45-42-40-38-36-34-32-30-28-25-23-21-19-17-15-13-11-9-7-2/h8-11,14-17,20-23,26-28,30-31,33,37,39,49H,6-7,12-13,18-19,24-25,29,32,34-36,38,40-48H2,1-5H3/p+1/b10-8-,11-9-,16-14-,17-15-,22-20-,23-21-,27-26-,30-28-,33-31-,39-37-. The predicted octanol–water partition coefficient (Wildman–Crippen LogP) is 13.4. The summed E-state index contributed by atoms with van der Waals surface area (Å²) in [7, 11) is 1.58. The fourth-order valence-corrected chi connectivity index (χ4v) is 5.90. The first-order valence-electron chi connectivity index (χ1n) is 22.3. The normalized spacial score (nSPS) is 14.9. The predicted molar refractivity (Wildman–Crippen MR) is 251 cm³/mol. The second-order valence-electron chi connectivity index (χ2n) is 15.3. The van der Waals surface area contributed by atoms with Crippen molar-refractivity contribution in [1.29, 1.82) is 0 Å². The van der Waals surface area contributed by atoms with E-state index in [9.17, 15) is 14.3 Å². The molecule has 2 unspecified atom stereocenters. The lowest BCUT2D eigenvalue weighted by Crippen LogP contribution is -2.37. The van der Waals surface area contributed by atoms with Crippen molar-refractivity contribution >= 4 is 13.8 Å². The maximum atomic E-state index is 12.7. The monoisotopic (exact) mass is 841 g/mol. The molecule has 0 aliphatic rings. The van der Waals surface area contributed by atoms with Crippen molar-refractivity contribution in [3.8, 4) is 0 Å². The molecule has 0 amide bonds. The van der Waals surface area contributed by atoms with Gasteiger partial charge >= 0.3 is 13.8 Å². The second-order valence-corrected chi connectivity index (χ2v) is 16.8. The highest BCUT2D eigenvalue weighted by Gasteiger charge is 2.26. The van der Waals surface area contributed by atoms with Gasteiger partial charge in [0, 0.05) is 13.0 Å². The van der Waals surface area contributed by atoms with Gasteiger partial charge in [-0.25, -0.2) is 4.57 Å². The van der Waals surface area contributed by atoms with Crippen LogP contribution in [0.2, 0.25) is 0 Å². The van der Waals surface area contributed by atoms with Crippen LogP contribution in [-0.4, -0.2) is 75.6 Å². The van der Waals surface area contributed by atoms with E-state index >= 15 is 0 Å². The van der Waals surface area contributed by atoms with Crippen LogP contribution >= 0.6 is 7.82 Å². The zero-order valence-electron chi connectivity index (χ0n) is 37.7. The summed E-state index contributed by atoms with van der Waals surface area (Å²) in [5.74, 6) is -0.409. The Morgan fingerprint density at radius 3 is 1.39 bits per heavy atom. The number of rotatable bonds is 39. The van der Waals surface area contributed by atoms with Crippen molar-refractivity contribution in [3.63, 3.8) is 0 Å². The van der Waals surface area contributed by atoms with Crippen LogP contribution in [0.4, 0.5) is 0 Å². The van der Waals surface area contributed by atoms with Crippen molar-refractivity contribution in [1.82, 2.24) is 0 Å². The fraction of sp³-hybridized carbons (Fsp3) is 0.580. The molecule has 0 aliphatic heterocycles. The van der Waals surface area contributed by atoms with Gasteiger partial charge in [-0.15, -0.1) is 0 Å². The lowest BCUT2D eigenvalue weighted by Gasteiger charge is -2.24. The first-order chi connectivity index (χ1) is 28.6. The molecule has 0 aromatic carbocycles. The van der Waals surface area contributed by atoms with Crippen LogP contribution in [0.15, 0.2) is 122 Å². The molecule has 1 N–H and O–H groups in total. The van der Waals surface area contributed by atoms with E-state index in [1.165, 1.54) is 12.8 Å². The van der Waals surface area contributed by atoms with Crippen LogP contribution in [0.1, 0.15) is 129 Å². The Morgan fingerprint density at radius 2 is 0.932 bits per heavy atom. The summed E-state index contributed by atoms with van der Waals surface area (Å²) in [6.45, 7) is 5.20. The highest BCUT2D eigenvalue weighted by Crippen LogP contribution is 2.43. The molecule has 0 radical (unpaired) electrons. The van der Waals surface area contributed by atoms with E-state index in [4.69, 9.17) is 18.5 Å². The van der Waals surface area contributed by atoms with Gasteiger partial charge in [0.15, 0.2) is 0 Å². The number of allylic oxidation sites excluding steroid dienone is 20. The summed E-state index contributed by atoms with van der Waals surface area (Å²) in [6.07, 6.45) is 59.7. The third-order valence-corrected chi connectivity index (χ3v) is 9.52. The summed E-state index contributed by atoms with van der Waals surface area (Å²) in [5, 5.41) is 0. The molecule has 334 valence electrons. The number of phosphoric acid groups is 1. The molecule has 0 saturated heterocycles. The number of likely N-dealkylation sites (N-methyl/N-ethyl adjacent to an activating group) is 1. The van der Waals surface area contributed by atoms with Crippen molar-refractivity contribution in [3.05, 3.63) is 122 Å². The first kappa shape index (κ1) is 55.9. The van der Waals surface area contributed by atoms with Crippen molar-refractivity contribution in [2.24, 2.45) is 0 Å². The number of hydrogen-bond acceptors (Lipinski definition) is 6. The summed E-state index contributed by atoms with van der Waals surface area (Å²) < 4.78 is 34.9. The summed E-state index contributed by atoms with van der Waals surface area (Å²) >= 11 is 0. The minimum absolute atomic E-state index is 0.0631. The molecule has 0 aromatic heterocycles. The van der Waals surface area contributed by atoms with Crippen molar-refractivity contribution < 1.29 is 37.3 Å². The Morgan fingerprint density at radius 1 is 0.525 bits per heavy atom. The molecule has 0 saturated carbocycles. The van der Waals surface area contributed by atoms with E-state index < -0.39 is 19.9 Å². The number of hydrogen-bond donors (Lipinski definition) is 1. The highest BCUT2D eigenvalue weighted by molar-refractivity contribution is 7.47. The first-order valence-corrected chi connectivity index (χ1v) is 23.8. The Hall–Kier alpha value is -3.10.